The van der Waals surface area contributed by atoms with E-state index in [0.29, 0.717) is 17.4 Å². The minimum absolute atomic E-state index is 0.373. The van der Waals surface area contributed by atoms with Gasteiger partial charge in [-0.2, -0.15) is 0 Å². The number of rotatable bonds is 5. The standard InChI is InChI=1S/C16H13ClO3/c17-14-6-3-4-12(10-14)11-20-15-7-2-1-5-13(15)8-9-16(18)19/h1-10H,11H2,(H,18,19). The Kier molecular flexibility index (Phi) is 4.80. The van der Waals surface area contributed by atoms with E-state index in [-0.39, 0.29) is 0 Å². The number of para-hydroxylation sites is 1. The van der Waals surface area contributed by atoms with Gasteiger partial charge in [-0.05, 0) is 29.8 Å². The zero-order valence-corrected chi connectivity index (χ0v) is 11.4. The van der Waals surface area contributed by atoms with E-state index >= 15 is 0 Å². The fourth-order valence-corrected chi connectivity index (χ4v) is 1.91. The van der Waals surface area contributed by atoms with Crippen LogP contribution in [0.5, 0.6) is 5.75 Å². The maximum atomic E-state index is 10.6. The average Bonchev–Trinajstić information content (AvgIpc) is 2.44. The molecule has 102 valence electrons. The highest BCUT2D eigenvalue weighted by molar-refractivity contribution is 6.30. The molecule has 20 heavy (non-hydrogen) atoms. The molecule has 2 aromatic carbocycles. The summed E-state index contributed by atoms with van der Waals surface area (Å²) in [7, 11) is 0. The molecule has 0 aliphatic carbocycles. The van der Waals surface area contributed by atoms with Crippen LogP contribution in [0.4, 0.5) is 0 Å². The third kappa shape index (κ3) is 4.14. The van der Waals surface area contributed by atoms with Crippen molar-refractivity contribution in [2.24, 2.45) is 0 Å². The molecule has 0 radical (unpaired) electrons. The maximum absolute atomic E-state index is 10.6. The Morgan fingerprint density at radius 3 is 2.75 bits per heavy atom. The maximum Gasteiger partial charge on any atom is 0.328 e. The molecule has 0 unspecified atom stereocenters. The van der Waals surface area contributed by atoms with Gasteiger partial charge >= 0.3 is 5.97 Å². The van der Waals surface area contributed by atoms with Gasteiger partial charge in [-0.15, -0.1) is 0 Å². The molecule has 0 amide bonds. The quantitative estimate of drug-likeness (QED) is 0.845. The van der Waals surface area contributed by atoms with Crippen molar-refractivity contribution in [3.8, 4) is 5.75 Å². The normalized spacial score (nSPS) is 10.7. The molecule has 0 bridgehead atoms. The number of aliphatic carboxylic acids is 1. The average molecular weight is 289 g/mol. The number of carboxylic acids is 1. The van der Waals surface area contributed by atoms with Crippen LogP contribution in [0.25, 0.3) is 6.08 Å². The summed E-state index contributed by atoms with van der Waals surface area (Å²) in [5, 5.41) is 9.32. The first-order valence-corrected chi connectivity index (χ1v) is 6.40. The van der Waals surface area contributed by atoms with Gasteiger partial charge in [-0.3, -0.25) is 0 Å². The molecule has 2 rings (SSSR count). The molecule has 0 atom stereocenters. The molecular weight excluding hydrogens is 276 g/mol. The lowest BCUT2D eigenvalue weighted by Crippen LogP contribution is -1.97. The third-order valence-corrected chi connectivity index (χ3v) is 2.84. The zero-order chi connectivity index (χ0) is 14.4. The van der Waals surface area contributed by atoms with Crippen molar-refractivity contribution in [1.82, 2.24) is 0 Å². The summed E-state index contributed by atoms with van der Waals surface area (Å²) in [6.45, 7) is 0.373. The largest absolute Gasteiger partial charge is 0.488 e. The van der Waals surface area contributed by atoms with Crippen LogP contribution in [0.3, 0.4) is 0 Å². The van der Waals surface area contributed by atoms with Crippen molar-refractivity contribution in [2.75, 3.05) is 0 Å². The molecule has 0 aromatic heterocycles. The van der Waals surface area contributed by atoms with Crippen LogP contribution in [-0.4, -0.2) is 11.1 Å². The van der Waals surface area contributed by atoms with Crippen LogP contribution < -0.4 is 4.74 Å². The van der Waals surface area contributed by atoms with Gasteiger partial charge in [0.2, 0.25) is 0 Å². The van der Waals surface area contributed by atoms with Crippen LogP contribution in [0.2, 0.25) is 5.02 Å². The predicted molar refractivity (Wildman–Crippen MR) is 78.9 cm³/mol. The number of hydrogen-bond donors (Lipinski definition) is 1. The highest BCUT2D eigenvalue weighted by atomic mass is 35.5. The second-order valence-corrected chi connectivity index (χ2v) is 4.56. The fourth-order valence-electron chi connectivity index (χ4n) is 1.70. The zero-order valence-electron chi connectivity index (χ0n) is 10.6. The summed E-state index contributed by atoms with van der Waals surface area (Å²) >= 11 is 5.91. The van der Waals surface area contributed by atoms with Gasteiger partial charge in [0.1, 0.15) is 12.4 Å². The lowest BCUT2D eigenvalue weighted by Gasteiger charge is -2.09. The van der Waals surface area contributed by atoms with E-state index in [2.05, 4.69) is 0 Å². The first-order valence-electron chi connectivity index (χ1n) is 6.02. The molecule has 0 saturated carbocycles. The second kappa shape index (κ2) is 6.78. The minimum Gasteiger partial charge on any atom is -0.488 e. The Bertz CT molecular complexity index is 635. The van der Waals surface area contributed by atoms with E-state index in [4.69, 9.17) is 21.4 Å². The smallest absolute Gasteiger partial charge is 0.328 e. The highest BCUT2D eigenvalue weighted by Gasteiger charge is 2.02. The van der Waals surface area contributed by atoms with Gasteiger partial charge in [-0.1, -0.05) is 41.9 Å². The summed E-state index contributed by atoms with van der Waals surface area (Å²) in [6.07, 6.45) is 2.59. The third-order valence-electron chi connectivity index (χ3n) is 2.61. The Hall–Kier alpha value is -2.26. The van der Waals surface area contributed by atoms with Crippen LogP contribution in [0, 0.1) is 0 Å². The molecule has 0 aliphatic rings. The van der Waals surface area contributed by atoms with E-state index < -0.39 is 5.97 Å². The molecule has 0 fully saturated rings. The van der Waals surface area contributed by atoms with E-state index in [1.54, 1.807) is 18.2 Å². The topological polar surface area (TPSA) is 46.5 Å². The van der Waals surface area contributed by atoms with Crippen molar-refractivity contribution < 1.29 is 14.6 Å². The molecular formula is C16H13ClO3. The number of carbonyl (C=O) groups is 1. The summed E-state index contributed by atoms with van der Waals surface area (Å²) in [6, 6.07) is 14.7. The van der Waals surface area contributed by atoms with Gasteiger partial charge in [0.25, 0.3) is 0 Å². The number of halogens is 1. The van der Waals surface area contributed by atoms with Crippen LogP contribution in [0.15, 0.2) is 54.6 Å². The Morgan fingerprint density at radius 2 is 2.00 bits per heavy atom. The Labute approximate surface area is 122 Å². The van der Waals surface area contributed by atoms with Crippen LogP contribution >= 0.6 is 11.6 Å². The highest BCUT2D eigenvalue weighted by Crippen LogP contribution is 2.21. The van der Waals surface area contributed by atoms with E-state index in [1.165, 1.54) is 6.08 Å². The molecule has 0 heterocycles. The molecule has 3 nitrogen and oxygen atoms in total. The van der Waals surface area contributed by atoms with Crippen molar-refractivity contribution in [3.05, 3.63) is 70.8 Å². The van der Waals surface area contributed by atoms with Gasteiger partial charge in [-0.25, -0.2) is 4.79 Å². The monoisotopic (exact) mass is 288 g/mol. The first kappa shape index (κ1) is 14.2. The Morgan fingerprint density at radius 1 is 1.20 bits per heavy atom. The number of carboxylic acid groups (broad SMARTS) is 1. The molecule has 0 aliphatic heterocycles. The summed E-state index contributed by atoms with van der Waals surface area (Å²) < 4.78 is 5.71. The van der Waals surface area contributed by atoms with Crippen LogP contribution in [-0.2, 0) is 11.4 Å². The minimum atomic E-state index is -0.991. The number of ether oxygens (including phenoxy) is 1. The SMILES string of the molecule is O=C(O)C=Cc1ccccc1OCc1cccc(Cl)c1. The van der Waals surface area contributed by atoms with Gasteiger partial charge < -0.3 is 9.84 Å². The molecule has 2 aromatic rings. The summed E-state index contributed by atoms with van der Waals surface area (Å²) in [4.78, 5) is 10.6. The second-order valence-electron chi connectivity index (χ2n) is 4.13. The van der Waals surface area contributed by atoms with Crippen LogP contribution in [0.1, 0.15) is 11.1 Å². The van der Waals surface area contributed by atoms with E-state index in [1.807, 2.05) is 30.3 Å². The summed E-state index contributed by atoms with van der Waals surface area (Å²) in [5.74, 6) is -0.361. The van der Waals surface area contributed by atoms with Crippen molar-refractivity contribution >= 4 is 23.6 Å². The van der Waals surface area contributed by atoms with Crippen molar-refractivity contribution in [3.63, 3.8) is 0 Å². The number of benzene rings is 2. The van der Waals surface area contributed by atoms with E-state index in [9.17, 15) is 4.79 Å². The molecule has 1 N–H and O–H groups in total. The van der Waals surface area contributed by atoms with Gasteiger partial charge in [0.15, 0.2) is 0 Å². The Balaban J connectivity index is 2.11. The molecule has 4 heteroatoms. The fraction of sp³-hybridized carbons (Fsp3) is 0.0625. The molecule has 0 spiro atoms. The number of hydrogen-bond acceptors (Lipinski definition) is 2. The summed E-state index contributed by atoms with van der Waals surface area (Å²) in [5.41, 5.74) is 1.67. The predicted octanol–water partition coefficient (Wildman–Crippen LogP) is 4.02. The van der Waals surface area contributed by atoms with Crippen molar-refractivity contribution in [2.45, 2.75) is 6.61 Å². The van der Waals surface area contributed by atoms with Gasteiger partial charge in [0, 0.05) is 16.7 Å². The molecule has 0 saturated heterocycles. The van der Waals surface area contributed by atoms with Gasteiger partial charge in [0.05, 0.1) is 0 Å². The lowest BCUT2D eigenvalue weighted by molar-refractivity contribution is -0.131. The first-order chi connectivity index (χ1) is 9.65. The van der Waals surface area contributed by atoms with Crippen molar-refractivity contribution in [1.29, 1.82) is 0 Å². The lowest BCUT2D eigenvalue weighted by atomic mass is 10.2. The van der Waals surface area contributed by atoms with E-state index in [0.717, 1.165) is 17.2 Å².